The molecule has 1 aliphatic heterocycles. The van der Waals surface area contributed by atoms with Gasteiger partial charge in [-0.05, 0) is 25.5 Å². The van der Waals surface area contributed by atoms with Crippen molar-refractivity contribution in [3.05, 3.63) is 29.8 Å². The fraction of sp³-hybridized carbons (Fsp3) is 0.429. The zero-order valence-corrected chi connectivity index (χ0v) is 10.7. The zero-order chi connectivity index (χ0) is 13.8. The minimum atomic E-state index is -0.667. The molecule has 5 nitrogen and oxygen atoms in total. The second kappa shape index (κ2) is 5.72. The number of nitriles is 1. The van der Waals surface area contributed by atoms with Gasteiger partial charge in [0, 0.05) is 13.1 Å². The van der Waals surface area contributed by atoms with Gasteiger partial charge in [0.15, 0.2) is 6.10 Å². The molecule has 1 N–H and O–H groups in total. The third kappa shape index (κ3) is 3.04. The highest BCUT2D eigenvalue weighted by Gasteiger charge is 2.29. The van der Waals surface area contributed by atoms with Crippen LogP contribution < -0.4 is 4.74 Å². The number of aliphatic hydroxyl groups is 1. The predicted molar refractivity (Wildman–Crippen MR) is 68.5 cm³/mol. The first-order valence-corrected chi connectivity index (χ1v) is 6.24. The molecule has 1 fully saturated rings. The van der Waals surface area contributed by atoms with Gasteiger partial charge in [-0.3, -0.25) is 4.79 Å². The van der Waals surface area contributed by atoms with Crippen molar-refractivity contribution in [2.75, 3.05) is 13.1 Å². The molecule has 2 atom stereocenters. The molecule has 0 saturated carbocycles. The van der Waals surface area contributed by atoms with Crippen LogP contribution in [0.1, 0.15) is 18.9 Å². The molecule has 0 radical (unpaired) electrons. The maximum atomic E-state index is 12.1. The number of β-amino-alcohol motifs (C(OH)–C–C–N with tert-alkyl or cyclic N) is 1. The van der Waals surface area contributed by atoms with Crippen LogP contribution in [0.2, 0.25) is 0 Å². The number of likely N-dealkylation sites (tertiary alicyclic amines) is 1. The number of nitrogens with zero attached hydrogens (tertiary/aromatic N) is 2. The summed E-state index contributed by atoms with van der Waals surface area (Å²) in [6.45, 7) is 2.56. The second-order valence-corrected chi connectivity index (χ2v) is 4.59. The van der Waals surface area contributed by atoms with Crippen molar-refractivity contribution in [3.63, 3.8) is 0 Å². The lowest BCUT2D eigenvalue weighted by Crippen LogP contribution is -2.39. The number of carbonyl (C=O) groups is 1. The highest BCUT2D eigenvalue weighted by molar-refractivity contribution is 5.81. The van der Waals surface area contributed by atoms with E-state index in [1.807, 2.05) is 6.07 Å². The van der Waals surface area contributed by atoms with Crippen LogP contribution in [-0.4, -0.2) is 41.2 Å². The third-order valence-corrected chi connectivity index (χ3v) is 3.13. The Balaban J connectivity index is 2.03. The normalized spacial score (nSPS) is 19.8. The van der Waals surface area contributed by atoms with Crippen molar-refractivity contribution in [3.8, 4) is 11.8 Å². The molecule has 1 aromatic rings. The summed E-state index contributed by atoms with van der Waals surface area (Å²) in [5.74, 6) is 0.245. The molecule has 1 amide bonds. The molecule has 1 aromatic carbocycles. The zero-order valence-electron chi connectivity index (χ0n) is 10.7. The lowest BCUT2D eigenvalue weighted by atomic mass is 10.2. The first-order valence-electron chi connectivity index (χ1n) is 6.24. The van der Waals surface area contributed by atoms with Crippen molar-refractivity contribution in [2.24, 2.45) is 0 Å². The lowest BCUT2D eigenvalue weighted by molar-refractivity contribution is -0.137. The molecule has 100 valence electrons. The molecule has 19 heavy (non-hydrogen) atoms. The summed E-state index contributed by atoms with van der Waals surface area (Å²) in [6, 6.07) is 8.84. The summed E-state index contributed by atoms with van der Waals surface area (Å²) in [7, 11) is 0. The van der Waals surface area contributed by atoms with Gasteiger partial charge in [0.05, 0.1) is 11.7 Å². The Hall–Kier alpha value is -2.06. The van der Waals surface area contributed by atoms with Gasteiger partial charge in [-0.2, -0.15) is 5.26 Å². The second-order valence-electron chi connectivity index (χ2n) is 4.59. The Morgan fingerprint density at radius 1 is 1.58 bits per heavy atom. The molecular weight excluding hydrogens is 244 g/mol. The van der Waals surface area contributed by atoms with E-state index in [0.717, 1.165) is 0 Å². The van der Waals surface area contributed by atoms with Crippen molar-refractivity contribution >= 4 is 5.91 Å². The van der Waals surface area contributed by atoms with E-state index in [4.69, 9.17) is 10.00 Å². The van der Waals surface area contributed by atoms with Crippen molar-refractivity contribution in [1.82, 2.24) is 4.90 Å². The van der Waals surface area contributed by atoms with Gasteiger partial charge in [-0.15, -0.1) is 0 Å². The Morgan fingerprint density at radius 3 is 2.95 bits per heavy atom. The van der Waals surface area contributed by atoms with Gasteiger partial charge in [0.25, 0.3) is 5.91 Å². The molecule has 0 bridgehead atoms. The molecule has 2 rings (SSSR count). The van der Waals surface area contributed by atoms with Gasteiger partial charge < -0.3 is 14.7 Å². The van der Waals surface area contributed by atoms with Gasteiger partial charge >= 0.3 is 0 Å². The monoisotopic (exact) mass is 260 g/mol. The lowest BCUT2D eigenvalue weighted by Gasteiger charge is -2.21. The summed E-state index contributed by atoms with van der Waals surface area (Å²) in [5.41, 5.74) is 0.406. The number of para-hydroxylation sites is 1. The topological polar surface area (TPSA) is 73.6 Å². The van der Waals surface area contributed by atoms with Crippen LogP contribution in [0.3, 0.4) is 0 Å². The van der Waals surface area contributed by atoms with E-state index in [1.54, 1.807) is 36.1 Å². The third-order valence-electron chi connectivity index (χ3n) is 3.13. The summed E-state index contributed by atoms with van der Waals surface area (Å²) in [5, 5.41) is 18.4. The molecule has 0 aliphatic carbocycles. The standard InChI is InChI=1S/C14H16N2O3/c1-10(14(18)16-7-6-12(17)9-16)19-13-5-3-2-4-11(13)8-15/h2-5,10,12,17H,6-7,9H2,1H3. The van der Waals surface area contributed by atoms with Crippen LogP contribution in [0.25, 0.3) is 0 Å². The number of benzene rings is 1. The van der Waals surface area contributed by atoms with Crippen LogP contribution in [0.4, 0.5) is 0 Å². The Bertz CT molecular complexity index is 510. The van der Waals surface area contributed by atoms with E-state index in [-0.39, 0.29) is 5.91 Å². The molecule has 0 spiro atoms. The maximum absolute atomic E-state index is 12.1. The first kappa shape index (κ1) is 13.4. The van der Waals surface area contributed by atoms with E-state index in [0.29, 0.717) is 30.8 Å². The Morgan fingerprint density at radius 2 is 2.32 bits per heavy atom. The van der Waals surface area contributed by atoms with E-state index in [9.17, 15) is 9.90 Å². The van der Waals surface area contributed by atoms with E-state index in [1.165, 1.54) is 0 Å². The molecule has 0 aromatic heterocycles. The van der Waals surface area contributed by atoms with Gasteiger partial charge in [-0.1, -0.05) is 12.1 Å². The highest BCUT2D eigenvalue weighted by atomic mass is 16.5. The SMILES string of the molecule is CC(Oc1ccccc1C#N)C(=O)N1CCC(O)C1. The molecule has 1 aliphatic rings. The van der Waals surface area contributed by atoms with Crippen LogP contribution >= 0.6 is 0 Å². The first-order chi connectivity index (χ1) is 9.11. The summed E-state index contributed by atoms with van der Waals surface area (Å²) < 4.78 is 5.55. The summed E-state index contributed by atoms with van der Waals surface area (Å²) in [4.78, 5) is 13.7. The molecule has 2 unspecified atom stereocenters. The van der Waals surface area contributed by atoms with Crippen molar-refractivity contribution in [1.29, 1.82) is 5.26 Å². The molecule has 1 heterocycles. The summed E-state index contributed by atoms with van der Waals surface area (Å²) in [6.07, 6.45) is -0.505. The predicted octanol–water partition coefficient (Wildman–Crippen LogP) is 0.919. The van der Waals surface area contributed by atoms with Crippen molar-refractivity contribution < 1.29 is 14.6 Å². The number of rotatable bonds is 3. The van der Waals surface area contributed by atoms with Crippen LogP contribution in [0.15, 0.2) is 24.3 Å². The van der Waals surface area contributed by atoms with E-state index >= 15 is 0 Å². The minimum absolute atomic E-state index is 0.163. The van der Waals surface area contributed by atoms with Crippen LogP contribution in [-0.2, 0) is 4.79 Å². The van der Waals surface area contributed by atoms with Crippen LogP contribution in [0.5, 0.6) is 5.75 Å². The average molecular weight is 260 g/mol. The number of ether oxygens (including phenoxy) is 1. The molecular formula is C14H16N2O3. The van der Waals surface area contributed by atoms with Crippen LogP contribution in [0, 0.1) is 11.3 Å². The fourth-order valence-electron chi connectivity index (χ4n) is 2.10. The average Bonchev–Trinajstić information content (AvgIpc) is 2.85. The van der Waals surface area contributed by atoms with Gasteiger partial charge in [0.2, 0.25) is 0 Å². The fourth-order valence-corrected chi connectivity index (χ4v) is 2.10. The molecule has 5 heteroatoms. The number of aliphatic hydroxyl groups excluding tert-OH is 1. The minimum Gasteiger partial charge on any atom is -0.480 e. The number of hydrogen-bond acceptors (Lipinski definition) is 4. The molecule has 1 saturated heterocycles. The Labute approximate surface area is 112 Å². The van der Waals surface area contributed by atoms with Crippen molar-refractivity contribution in [2.45, 2.75) is 25.6 Å². The maximum Gasteiger partial charge on any atom is 0.263 e. The van der Waals surface area contributed by atoms with E-state index < -0.39 is 12.2 Å². The van der Waals surface area contributed by atoms with Gasteiger partial charge in [0.1, 0.15) is 11.8 Å². The number of carbonyl (C=O) groups excluding carboxylic acids is 1. The van der Waals surface area contributed by atoms with Gasteiger partial charge in [-0.25, -0.2) is 0 Å². The largest absolute Gasteiger partial charge is 0.480 e. The van der Waals surface area contributed by atoms with E-state index in [2.05, 4.69) is 0 Å². The highest BCUT2D eigenvalue weighted by Crippen LogP contribution is 2.19. The quantitative estimate of drug-likeness (QED) is 0.877. The number of amides is 1. The smallest absolute Gasteiger partial charge is 0.263 e. The Kier molecular flexibility index (Phi) is 4.03. The number of hydrogen-bond donors (Lipinski definition) is 1. The summed E-state index contributed by atoms with van der Waals surface area (Å²) >= 11 is 0.